The molecule has 0 saturated carbocycles. The number of hydrogen-bond donors (Lipinski definition) is 2. The summed E-state index contributed by atoms with van der Waals surface area (Å²) in [6, 6.07) is 8.40. The van der Waals surface area contributed by atoms with Gasteiger partial charge in [0.05, 0.1) is 10.7 Å². The molecule has 1 aromatic rings. The molecule has 0 bridgehead atoms. The van der Waals surface area contributed by atoms with Crippen LogP contribution in [0.5, 0.6) is 0 Å². The Hall–Kier alpha value is -0.770. The van der Waals surface area contributed by atoms with Crippen molar-refractivity contribution in [3.63, 3.8) is 0 Å². The largest absolute Gasteiger partial charge is 0.382 e. The molecule has 2 N–H and O–H groups in total. The van der Waals surface area contributed by atoms with E-state index >= 15 is 0 Å². The second-order valence-corrected chi connectivity index (χ2v) is 4.61. The number of piperazine rings is 1. The van der Waals surface area contributed by atoms with Crippen LogP contribution in [-0.4, -0.2) is 44.2 Å². The van der Waals surface area contributed by atoms with Crippen LogP contribution in [0.3, 0.4) is 0 Å². The number of likely N-dealkylation sites (N-methyl/N-ethyl adjacent to an activating group) is 1. The van der Waals surface area contributed by atoms with E-state index in [-0.39, 0.29) is 0 Å². The standard InChI is InChI=1S/C12H18ClN3/c1-16-7-6-14-8-10(16)9-15-12-5-3-2-4-11(12)13/h2-5,10,14-15H,6-9H2,1H3. The van der Waals surface area contributed by atoms with Gasteiger partial charge in [0.1, 0.15) is 0 Å². The van der Waals surface area contributed by atoms with Crippen molar-refractivity contribution in [1.82, 2.24) is 10.2 Å². The van der Waals surface area contributed by atoms with Crippen LogP contribution in [-0.2, 0) is 0 Å². The Labute approximate surface area is 102 Å². The summed E-state index contributed by atoms with van der Waals surface area (Å²) in [4.78, 5) is 2.38. The van der Waals surface area contributed by atoms with Gasteiger partial charge in [-0.15, -0.1) is 0 Å². The Balaban J connectivity index is 1.89. The van der Waals surface area contributed by atoms with Crippen LogP contribution in [0.2, 0.25) is 5.02 Å². The average molecular weight is 240 g/mol. The van der Waals surface area contributed by atoms with Gasteiger partial charge >= 0.3 is 0 Å². The Bertz CT molecular complexity index is 343. The minimum absolute atomic E-state index is 0.532. The fourth-order valence-corrected chi connectivity index (χ4v) is 2.13. The number of rotatable bonds is 3. The molecule has 0 spiro atoms. The second kappa shape index (κ2) is 5.53. The lowest BCUT2D eigenvalue weighted by atomic mass is 10.2. The molecule has 0 aliphatic carbocycles. The van der Waals surface area contributed by atoms with E-state index in [0.29, 0.717) is 6.04 Å². The van der Waals surface area contributed by atoms with Crippen LogP contribution in [0, 0.1) is 0 Å². The number of anilines is 1. The molecular weight excluding hydrogens is 222 g/mol. The Morgan fingerprint density at radius 3 is 3.06 bits per heavy atom. The van der Waals surface area contributed by atoms with Gasteiger partial charge < -0.3 is 10.6 Å². The van der Waals surface area contributed by atoms with Gasteiger partial charge in [-0.25, -0.2) is 0 Å². The summed E-state index contributed by atoms with van der Waals surface area (Å²) in [5, 5.41) is 7.59. The predicted molar refractivity (Wildman–Crippen MR) is 69.2 cm³/mol. The molecule has 4 heteroatoms. The van der Waals surface area contributed by atoms with Crippen LogP contribution < -0.4 is 10.6 Å². The van der Waals surface area contributed by atoms with Gasteiger partial charge in [-0.3, -0.25) is 4.90 Å². The summed E-state index contributed by atoms with van der Waals surface area (Å²) in [6.45, 7) is 4.15. The van der Waals surface area contributed by atoms with Gasteiger partial charge in [0.15, 0.2) is 0 Å². The zero-order chi connectivity index (χ0) is 11.4. The van der Waals surface area contributed by atoms with Crippen molar-refractivity contribution in [2.24, 2.45) is 0 Å². The van der Waals surface area contributed by atoms with Crippen LogP contribution >= 0.6 is 11.6 Å². The number of hydrogen-bond acceptors (Lipinski definition) is 3. The van der Waals surface area contributed by atoms with Crippen molar-refractivity contribution in [2.45, 2.75) is 6.04 Å². The summed E-state index contributed by atoms with van der Waals surface area (Å²) >= 11 is 6.09. The minimum atomic E-state index is 0.532. The van der Waals surface area contributed by atoms with Gasteiger partial charge in [-0.1, -0.05) is 23.7 Å². The van der Waals surface area contributed by atoms with Crippen molar-refractivity contribution in [3.8, 4) is 0 Å². The van der Waals surface area contributed by atoms with Crippen LogP contribution in [0.25, 0.3) is 0 Å². The number of para-hydroxylation sites is 1. The van der Waals surface area contributed by atoms with Crippen LogP contribution in [0.4, 0.5) is 5.69 Å². The molecule has 1 aliphatic rings. The molecule has 16 heavy (non-hydrogen) atoms. The number of nitrogens with zero attached hydrogens (tertiary/aromatic N) is 1. The molecule has 2 rings (SSSR count). The van der Waals surface area contributed by atoms with E-state index in [0.717, 1.165) is 36.9 Å². The maximum atomic E-state index is 6.09. The summed E-state index contributed by atoms with van der Waals surface area (Å²) in [7, 11) is 2.17. The van der Waals surface area contributed by atoms with E-state index in [4.69, 9.17) is 11.6 Å². The van der Waals surface area contributed by atoms with Crippen LogP contribution in [0.15, 0.2) is 24.3 Å². The summed E-state index contributed by atoms with van der Waals surface area (Å²) < 4.78 is 0. The monoisotopic (exact) mass is 239 g/mol. The fraction of sp³-hybridized carbons (Fsp3) is 0.500. The van der Waals surface area contributed by atoms with Crippen molar-refractivity contribution in [3.05, 3.63) is 29.3 Å². The van der Waals surface area contributed by atoms with E-state index in [2.05, 4.69) is 22.6 Å². The smallest absolute Gasteiger partial charge is 0.0637 e. The Kier molecular flexibility index (Phi) is 4.04. The molecular formula is C12H18ClN3. The highest BCUT2D eigenvalue weighted by Crippen LogP contribution is 2.20. The quantitative estimate of drug-likeness (QED) is 0.840. The molecule has 1 unspecified atom stereocenters. The Morgan fingerprint density at radius 1 is 1.50 bits per heavy atom. The molecule has 0 amide bonds. The van der Waals surface area contributed by atoms with Gasteiger partial charge in [-0.2, -0.15) is 0 Å². The molecule has 1 atom stereocenters. The maximum Gasteiger partial charge on any atom is 0.0637 e. The normalized spacial score (nSPS) is 22.0. The zero-order valence-corrected chi connectivity index (χ0v) is 10.3. The van der Waals surface area contributed by atoms with E-state index < -0.39 is 0 Å². The SMILES string of the molecule is CN1CCNCC1CNc1ccccc1Cl. The number of benzene rings is 1. The van der Waals surface area contributed by atoms with E-state index in [1.807, 2.05) is 24.3 Å². The van der Waals surface area contributed by atoms with Crippen molar-refractivity contribution < 1.29 is 0 Å². The zero-order valence-electron chi connectivity index (χ0n) is 9.54. The van der Waals surface area contributed by atoms with E-state index in [9.17, 15) is 0 Å². The third kappa shape index (κ3) is 2.88. The highest BCUT2D eigenvalue weighted by atomic mass is 35.5. The first-order valence-electron chi connectivity index (χ1n) is 5.67. The van der Waals surface area contributed by atoms with Gasteiger partial charge in [0.25, 0.3) is 0 Å². The lowest BCUT2D eigenvalue weighted by Gasteiger charge is -2.33. The van der Waals surface area contributed by atoms with E-state index in [1.54, 1.807) is 0 Å². The molecule has 1 aliphatic heterocycles. The third-order valence-corrected chi connectivity index (χ3v) is 3.38. The lowest BCUT2D eigenvalue weighted by molar-refractivity contribution is 0.209. The van der Waals surface area contributed by atoms with Crippen molar-refractivity contribution in [1.29, 1.82) is 0 Å². The second-order valence-electron chi connectivity index (χ2n) is 4.20. The Morgan fingerprint density at radius 2 is 2.31 bits per heavy atom. The molecule has 1 fully saturated rings. The minimum Gasteiger partial charge on any atom is -0.382 e. The third-order valence-electron chi connectivity index (χ3n) is 3.05. The molecule has 0 radical (unpaired) electrons. The molecule has 1 aromatic carbocycles. The maximum absolute atomic E-state index is 6.09. The van der Waals surface area contributed by atoms with Crippen molar-refractivity contribution >= 4 is 17.3 Å². The lowest BCUT2D eigenvalue weighted by Crippen LogP contribution is -2.52. The summed E-state index contributed by atoms with van der Waals surface area (Å²) in [5.74, 6) is 0. The molecule has 3 nitrogen and oxygen atoms in total. The summed E-state index contributed by atoms with van der Waals surface area (Å²) in [6.07, 6.45) is 0. The topological polar surface area (TPSA) is 27.3 Å². The molecule has 0 aromatic heterocycles. The average Bonchev–Trinajstić information content (AvgIpc) is 2.30. The fourth-order valence-electron chi connectivity index (χ4n) is 1.92. The van der Waals surface area contributed by atoms with E-state index in [1.165, 1.54) is 0 Å². The molecule has 1 heterocycles. The van der Waals surface area contributed by atoms with Crippen LogP contribution in [0.1, 0.15) is 0 Å². The first-order chi connectivity index (χ1) is 7.77. The van der Waals surface area contributed by atoms with Gasteiger partial charge in [0, 0.05) is 32.2 Å². The number of nitrogens with one attached hydrogen (secondary N) is 2. The predicted octanol–water partition coefficient (Wildman–Crippen LogP) is 1.66. The number of halogens is 1. The van der Waals surface area contributed by atoms with Gasteiger partial charge in [-0.05, 0) is 19.2 Å². The highest BCUT2D eigenvalue weighted by Gasteiger charge is 2.17. The molecule has 1 saturated heterocycles. The summed E-state index contributed by atoms with van der Waals surface area (Å²) in [5.41, 5.74) is 1.02. The van der Waals surface area contributed by atoms with Gasteiger partial charge in [0.2, 0.25) is 0 Å². The first kappa shape index (κ1) is 11.7. The molecule has 88 valence electrons. The first-order valence-corrected chi connectivity index (χ1v) is 6.04. The highest BCUT2D eigenvalue weighted by molar-refractivity contribution is 6.33. The van der Waals surface area contributed by atoms with Crippen molar-refractivity contribution in [2.75, 3.05) is 38.5 Å².